The number of amidine groups is 1. The Labute approximate surface area is 179 Å². The predicted molar refractivity (Wildman–Crippen MR) is 118 cm³/mol. The minimum Gasteiger partial charge on any atom is -0.465 e. The van der Waals surface area contributed by atoms with Gasteiger partial charge in [0.1, 0.15) is 0 Å². The summed E-state index contributed by atoms with van der Waals surface area (Å²) in [7, 11) is 1.34. The molecule has 0 radical (unpaired) electrons. The van der Waals surface area contributed by atoms with E-state index in [0.29, 0.717) is 40.8 Å². The Bertz CT molecular complexity index is 1000. The van der Waals surface area contributed by atoms with Gasteiger partial charge in [0.25, 0.3) is 0 Å². The lowest BCUT2D eigenvalue weighted by Gasteiger charge is -2.17. The maximum atomic E-state index is 12.5. The summed E-state index contributed by atoms with van der Waals surface area (Å²) < 4.78 is 4.71. The van der Waals surface area contributed by atoms with E-state index in [1.807, 2.05) is 13.0 Å². The van der Waals surface area contributed by atoms with Crippen LogP contribution in [0.1, 0.15) is 40.1 Å². The number of methoxy groups -OCH3 is 1. The number of nitrogens with zero attached hydrogens (tertiary/aromatic N) is 2. The van der Waals surface area contributed by atoms with Gasteiger partial charge in [0, 0.05) is 12.1 Å². The molecule has 0 bridgehead atoms. The van der Waals surface area contributed by atoms with E-state index in [9.17, 15) is 14.4 Å². The standard InChI is InChI=1S/C22H23N3O4S/c1-4-23-18-10-9-17(14(2)26)11-19(18)24-22-25(20(27)13-30-22)12-15-5-7-16(8-6-15)21(28)29-3/h5-11,23H,4,12-13H2,1-3H3. The van der Waals surface area contributed by atoms with Gasteiger partial charge in [0.2, 0.25) is 5.91 Å². The minimum atomic E-state index is -0.405. The molecule has 1 heterocycles. The molecule has 1 amide bonds. The van der Waals surface area contributed by atoms with Gasteiger partial charge in [-0.2, -0.15) is 0 Å². The van der Waals surface area contributed by atoms with E-state index < -0.39 is 5.97 Å². The molecule has 30 heavy (non-hydrogen) atoms. The normalized spacial score (nSPS) is 14.8. The Hall–Kier alpha value is -3.13. The average molecular weight is 426 g/mol. The highest BCUT2D eigenvalue weighted by Gasteiger charge is 2.28. The van der Waals surface area contributed by atoms with Crippen molar-refractivity contribution in [1.29, 1.82) is 0 Å². The number of hydrogen-bond donors (Lipinski definition) is 1. The Kier molecular flexibility index (Phi) is 6.89. The summed E-state index contributed by atoms with van der Waals surface area (Å²) in [6.45, 7) is 4.54. The van der Waals surface area contributed by atoms with E-state index in [0.717, 1.165) is 11.3 Å². The molecule has 1 saturated heterocycles. The van der Waals surface area contributed by atoms with Crippen LogP contribution in [0.4, 0.5) is 11.4 Å². The minimum absolute atomic E-state index is 0.0384. The second kappa shape index (κ2) is 9.58. The second-order valence-corrected chi connectivity index (χ2v) is 7.61. The van der Waals surface area contributed by atoms with Gasteiger partial charge >= 0.3 is 5.97 Å². The molecule has 0 atom stereocenters. The van der Waals surface area contributed by atoms with Gasteiger partial charge < -0.3 is 10.1 Å². The number of ether oxygens (including phenoxy) is 1. The van der Waals surface area contributed by atoms with Crippen molar-refractivity contribution in [3.8, 4) is 0 Å². The lowest BCUT2D eigenvalue weighted by molar-refractivity contribution is -0.124. The largest absolute Gasteiger partial charge is 0.465 e. The maximum absolute atomic E-state index is 12.5. The van der Waals surface area contributed by atoms with E-state index in [4.69, 9.17) is 9.73 Å². The third-order valence-corrected chi connectivity index (χ3v) is 5.52. The predicted octanol–water partition coefficient (Wildman–Crippen LogP) is 3.87. The van der Waals surface area contributed by atoms with Crippen LogP contribution in [0, 0.1) is 0 Å². The van der Waals surface area contributed by atoms with E-state index >= 15 is 0 Å². The van der Waals surface area contributed by atoms with Crippen LogP contribution in [0.15, 0.2) is 47.5 Å². The third-order valence-electron chi connectivity index (χ3n) is 4.56. The first-order valence-corrected chi connectivity index (χ1v) is 10.5. The van der Waals surface area contributed by atoms with Gasteiger partial charge in [0.05, 0.1) is 36.3 Å². The van der Waals surface area contributed by atoms with Crippen molar-refractivity contribution in [2.24, 2.45) is 4.99 Å². The number of carbonyl (C=O) groups is 3. The summed E-state index contributed by atoms with van der Waals surface area (Å²) in [6.07, 6.45) is 0. The molecule has 0 aliphatic carbocycles. The van der Waals surface area contributed by atoms with Gasteiger partial charge in [-0.3, -0.25) is 14.5 Å². The zero-order valence-electron chi connectivity index (χ0n) is 17.1. The third kappa shape index (κ3) is 4.88. The topological polar surface area (TPSA) is 88.1 Å². The number of thioether (sulfide) groups is 1. The molecule has 0 spiro atoms. The van der Waals surface area contributed by atoms with Gasteiger partial charge in [0.15, 0.2) is 11.0 Å². The molecular weight excluding hydrogens is 402 g/mol. The van der Waals surface area contributed by atoms with Crippen LogP contribution in [0.5, 0.6) is 0 Å². The zero-order valence-corrected chi connectivity index (χ0v) is 17.9. The van der Waals surface area contributed by atoms with Gasteiger partial charge in [-0.25, -0.2) is 9.79 Å². The quantitative estimate of drug-likeness (QED) is 0.535. The number of amides is 1. The molecule has 1 fully saturated rings. The molecule has 7 nitrogen and oxygen atoms in total. The smallest absolute Gasteiger partial charge is 0.337 e. The zero-order chi connectivity index (χ0) is 21.7. The molecule has 1 aliphatic heterocycles. The number of carbonyl (C=O) groups excluding carboxylic acids is 3. The number of rotatable bonds is 7. The molecule has 156 valence electrons. The Morgan fingerprint density at radius 2 is 1.87 bits per heavy atom. The summed E-state index contributed by atoms with van der Waals surface area (Å²) in [6, 6.07) is 12.3. The van der Waals surface area contributed by atoms with Crippen LogP contribution in [0.3, 0.4) is 0 Å². The van der Waals surface area contributed by atoms with E-state index in [1.165, 1.54) is 25.8 Å². The van der Waals surface area contributed by atoms with Crippen LogP contribution >= 0.6 is 11.8 Å². The molecule has 0 unspecified atom stereocenters. The van der Waals surface area contributed by atoms with Crippen molar-refractivity contribution >= 4 is 46.0 Å². The Balaban J connectivity index is 1.89. The van der Waals surface area contributed by atoms with Crippen molar-refractivity contribution < 1.29 is 19.1 Å². The molecule has 1 aliphatic rings. The summed E-state index contributed by atoms with van der Waals surface area (Å²) in [5.41, 5.74) is 3.31. The number of benzene rings is 2. The summed E-state index contributed by atoms with van der Waals surface area (Å²) in [4.78, 5) is 42.2. The number of anilines is 1. The van der Waals surface area contributed by atoms with E-state index in [-0.39, 0.29) is 11.7 Å². The summed E-state index contributed by atoms with van der Waals surface area (Å²) in [5, 5.41) is 3.82. The molecule has 2 aromatic carbocycles. The number of ketones is 1. The number of esters is 1. The summed E-state index contributed by atoms with van der Waals surface area (Å²) in [5.74, 6) is -0.180. The highest BCUT2D eigenvalue weighted by Crippen LogP contribution is 2.31. The second-order valence-electron chi connectivity index (χ2n) is 6.67. The lowest BCUT2D eigenvalue weighted by atomic mass is 10.1. The first-order chi connectivity index (χ1) is 14.4. The van der Waals surface area contributed by atoms with E-state index in [2.05, 4.69) is 5.32 Å². The van der Waals surface area contributed by atoms with E-state index in [1.54, 1.807) is 41.3 Å². The van der Waals surface area contributed by atoms with Crippen molar-refractivity contribution in [2.75, 3.05) is 24.7 Å². The highest BCUT2D eigenvalue weighted by atomic mass is 32.2. The first kappa shape index (κ1) is 21.6. The lowest BCUT2D eigenvalue weighted by Crippen LogP contribution is -2.28. The Morgan fingerprint density at radius 3 is 2.50 bits per heavy atom. The monoisotopic (exact) mass is 425 g/mol. The van der Waals surface area contributed by atoms with Crippen molar-refractivity contribution in [3.63, 3.8) is 0 Å². The Morgan fingerprint density at radius 1 is 1.17 bits per heavy atom. The number of hydrogen-bond acceptors (Lipinski definition) is 7. The van der Waals surface area contributed by atoms with Crippen LogP contribution < -0.4 is 5.32 Å². The fraction of sp³-hybridized carbons (Fsp3) is 0.273. The molecule has 0 aromatic heterocycles. The first-order valence-electron chi connectivity index (χ1n) is 9.51. The maximum Gasteiger partial charge on any atom is 0.337 e. The fourth-order valence-electron chi connectivity index (χ4n) is 2.97. The van der Waals surface area contributed by atoms with Crippen LogP contribution in [0.25, 0.3) is 0 Å². The van der Waals surface area contributed by atoms with Crippen molar-refractivity contribution in [2.45, 2.75) is 20.4 Å². The molecule has 0 saturated carbocycles. The number of aliphatic imine (C=N–C) groups is 1. The number of Topliss-reactive ketones (excluding diaryl/α,β-unsaturated/α-hetero) is 1. The number of nitrogens with one attached hydrogen (secondary N) is 1. The van der Waals surface area contributed by atoms with Crippen LogP contribution in [-0.2, 0) is 16.1 Å². The molecule has 2 aromatic rings. The SMILES string of the molecule is CCNc1ccc(C(C)=O)cc1N=C1SCC(=O)N1Cc1ccc(C(=O)OC)cc1. The van der Waals surface area contributed by atoms with Gasteiger partial charge in [-0.05, 0) is 49.7 Å². The van der Waals surface area contributed by atoms with Crippen LogP contribution in [-0.4, -0.2) is 47.1 Å². The molecular formula is C22H23N3O4S. The highest BCUT2D eigenvalue weighted by molar-refractivity contribution is 8.15. The van der Waals surface area contributed by atoms with Crippen molar-refractivity contribution in [3.05, 3.63) is 59.2 Å². The average Bonchev–Trinajstić information content (AvgIpc) is 3.08. The summed E-state index contributed by atoms with van der Waals surface area (Å²) >= 11 is 1.36. The molecule has 1 N–H and O–H groups in total. The van der Waals surface area contributed by atoms with Gasteiger partial charge in [-0.1, -0.05) is 23.9 Å². The fourth-order valence-corrected chi connectivity index (χ4v) is 3.86. The van der Waals surface area contributed by atoms with Crippen LogP contribution in [0.2, 0.25) is 0 Å². The van der Waals surface area contributed by atoms with Gasteiger partial charge in [-0.15, -0.1) is 0 Å². The van der Waals surface area contributed by atoms with Crippen molar-refractivity contribution in [1.82, 2.24) is 4.90 Å². The molecule has 8 heteroatoms. The molecule has 3 rings (SSSR count).